The van der Waals surface area contributed by atoms with E-state index in [9.17, 15) is 0 Å². The second-order valence-electron chi connectivity index (χ2n) is 3.16. The summed E-state index contributed by atoms with van der Waals surface area (Å²) in [6, 6.07) is 7.26. The van der Waals surface area contributed by atoms with Crippen molar-refractivity contribution in [1.82, 2.24) is 0 Å². The molecule has 0 heterocycles. The van der Waals surface area contributed by atoms with Gasteiger partial charge >= 0.3 is 0 Å². The topological polar surface area (TPSA) is 56.0 Å². The molecular weight excluding hydrogens is 212 g/mol. The molecule has 0 aliphatic heterocycles. The Morgan fingerprint density at radius 1 is 1.40 bits per heavy atom. The Bertz CT molecular complexity index is 360. The molecule has 0 bridgehead atoms. The Hall–Kier alpha value is -1.24. The maximum atomic E-state index is 8.67. The lowest BCUT2D eigenvalue weighted by molar-refractivity contribution is 0.286. The maximum Gasteiger partial charge on any atom is 0.101 e. The Kier molecular flexibility index (Phi) is 4.96. The molecule has 0 amide bonds. The average Bonchev–Trinajstić information content (AvgIpc) is 2.25. The normalized spacial score (nSPS) is 9.67. The number of hydrogen-bond donors (Lipinski definition) is 2. The lowest BCUT2D eigenvalue weighted by Gasteiger charge is -2.06. The highest BCUT2D eigenvalue weighted by atomic mass is 35.5. The van der Waals surface area contributed by atoms with Crippen molar-refractivity contribution in [1.29, 1.82) is 5.26 Å². The Labute approximate surface area is 94.3 Å². The van der Waals surface area contributed by atoms with Gasteiger partial charge in [0.15, 0.2) is 0 Å². The van der Waals surface area contributed by atoms with Gasteiger partial charge in [0.1, 0.15) is 6.07 Å². The van der Waals surface area contributed by atoms with Crippen LogP contribution in [0.4, 0.5) is 5.69 Å². The predicted molar refractivity (Wildman–Crippen MR) is 61.0 cm³/mol. The van der Waals surface area contributed by atoms with Crippen LogP contribution in [0.2, 0.25) is 5.02 Å². The van der Waals surface area contributed by atoms with Crippen molar-refractivity contribution in [3.8, 4) is 6.07 Å². The summed E-state index contributed by atoms with van der Waals surface area (Å²) in [7, 11) is 0. The molecule has 0 radical (unpaired) electrons. The van der Waals surface area contributed by atoms with E-state index in [-0.39, 0.29) is 6.61 Å². The molecule has 3 nitrogen and oxygen atoms in total. The molecule has 0 atom stereocenters. The molecule has 1 rings (SSSR count). The molecular formula is C11H13ClN2O. The molecule has 0 spiro atoms. The average molecular weight is 225 g/mol. The first-order valence-corrected chi connectivity index (χ1v) is 5.20. The largest absolute Gasteiger partial charge is 0.396 e. The van der Waals surface area contributed by atoms with Crippen LogP contribution in [-0.4, -0.2) is 18.3 Å². The van der Waals surface area contributed by atoms with Crippen molar-refractivity contribution in [2.24, 2.45) is 0 Å². The lowest BCUT2D eigenvalue weighted by atomic mass is 10.2. The number of aliphatic hydroxyl groups is 1. The fourth-order valence-electron chi connectivity index (χ4n) is 1.19. The Balaban J connectivity index is 2.49. The van der Waals surface area contributed by atoms with E-state index < -0.39 is 0 Å². The molecule has 0 fully saturated rings. The zero-order chi connectivity index (χ0) is 11.1. The van der Waals surface area contributed by atoms with Gasteiger partial charge in [0.25, 0.3) is 0 Å². The molecule has 4 heteroatoms. The first kappa shape index (κ1) is 11.8. The van der Waals surface area contributed by atoms with Crippen LogP contribution >= 0.6 is 11.6 Å². The van der Waals surface area contributed by atoms with Crippen LogP contribution in [0.5, 0.6) is 0 Å². The van der Waals surface area contributed by atoms with E-state index in [1.54, 1.807) is 12.1 Å². The smallest absolute Gasteiger partial charge is 0.101 e. The van der Waals surface area contributed by atoms with Crippen molar-refractivity contribution >= 4 is 17.3 Å². The third-order valence-corrected chi connectivity index (χ3v) is 2.32. The molecule has 80 valence electrons. The van der Waals surface area contributed by atoms with Gasteiger partial charge in [-0.05, 0) is 31.0 Å². The van der Waals surface area contributed by atoms with E-state index in [2.05, 4.69) is 5.32 Å². The molecule has 1 aromatic carbocycles. The van der Waals surface area contributed by atoms with Gasteiger partial charge in [-0.25, -0.2) is 0 Å². The Morgan fingerprint density at radius 3 is 2.80 bits per heavy atom. The second kappa shape index (κ2) is 6.28. The highest BCUT2D eigenvalue weighted by Gasteiger charge is 1.99. The summed E-state index contributed by atoms with van der Waals surface area (Å²) in [5.41, 5.74) is 1.38. The second-order valence-corrected chi connectivity index (χ2v) is 3.57. The third-order valence-electron chi connectivity index (χ3n) is 2.00. The number of nitrogens with zero attached hydrogens (tertiary/aromatic N) is 1. The van der Waals surface area contributed by atoms with Gasteiger partial charge in [-0.3, -0.25) is 0 Å². The van der Waals surface area contributed by atoms with Gasteiger partial charge in [0, 0.05) is 18.8 Å². The minimum atomic E-state index is 0.218. The van der Waals surface area contributed by atoms with Crippen LogP contribution in [0.15, 0.2) is 18.2 Å². The van der Waals surface area contributed by atoms with Crippen LogP contribution in [0, 0.1) is 11.3 Å². The van der Waals surface area contributed by atoms with E-state index in [1.165, 1.54) is 0 Å². The molecule has 15 heavy (non-hydrogen) atoms. The molecule has 0 saturated carbocycles. The van der Waals surface area contributed by atoms with Gasteiger partial charge in [-0.2, -0.15) is 5.26 Å². The standard InChI is InChI=1S/C11H13ClN2O/c12-11-7-10(4-3-9(11)8-13)14-5-1-2-6-15/h3-4,7,14-15H,1-2,5-6H2. The summed E-state index contributed by atoms with van der Waals surface area (Å²) in [6.45, 7) is 1.01. The first-order valence-electron chi connectivity index (χ1n) is 4.82. The third kappa shape index (κ3) is 3.78. The first-order chi connectivity index (χ1) is 7.27. The number of nitriles is 1. The Morgan fingerprint density at radius 2 is 2.20 bits per heavy atom. The molecule has 2 N–H and O–H groups in total. The predicted octanol–water partition coefficient (Wildman–Crippen LogP) is 2.40. The fraction of sp³-hybridized carbons (Fsp3) is 0.364. The zero-order valence-electron chi connectivity index (χ0n) is 8.33. The number of aliphatic hydroxyl groups excluding tert-OH is 1. The summed E-state index contributed by atoms with van der Waals surface area (Å²) in [4.78, 5) is 0. The minimum absolute atomic E-state index is 0.218. The van der Waals surface area contributed by atoms with Gasteiger partial charge in [-0.1, -0.05) is 11.6 Å². The van der Waals surface area contributed by atoms with E-state index in [4.69, 9.17) is 22.0 Å². The van der Waals surface area contributed by atoms with Crippen LogP contribution in [0.25, 0.3) is 0 Å². The highest BCUT2D eigenvalue weighted by molar-refractivity contribution is 6.32. The van der Waals surface area contributed by atoms with E-state index in [0.29, 0.717) is 10.6 Å². The number of halogens is 1. The molecule has 0 aliphatic rings. The maximum absolute atomic E-state index is 8.67. The van der Waals surface area contributed by atoms with Gasteiger partial charge in [-0.15, -0.1) is 0 Å². The number of benzene rings is 1. The minimum Gasteiger partial charge on any atom is -0.396 e. The number of hydrogen-bond acceptors (Lipinski definition) is 3. The summed E-state index contributed by atoms with van der Waals surface area (Å²) >= 11 is 5.87. The summed E-state index contributed by atoms with van der Waals surface area (Å²) in [5, 5.41) is 20.9. The molecule has 0 saturated heterocycles. The van der Waals surface area contributed by atoms with E-state index >= 15 is 0 Å². The zero-order valence-corrected chi connectivity index (χ0v) is 9.09. The molecule has 0 aromatic heterocycles. The number of anilines is 1. The molecule has 0 aliphatic carbocycles. The van der Waals surface area contributed by atoms with Gasteiger partial charge in [0.05, 0.1) is 10.6 Å². The number of unbranched alkanes of at least 4 members (excludes halogenated alkanes) is 1. The van der Waals surface area contributed by atoms with E-state index in [0.717, 1.165) is 25.1 Å². The molecule has 0 unspecified atom stereocenters. The van der Waals surface area contributed by atoms with Crippen molar-refractivity contribution in [3.63, 3.8) is 0 Å². The lowest BCUT2D eigenvalue weighted by Crippen LogP contribution is -2.02. The van der Waals surface area contributed by atoms with Crippen molar-refractivity contribution in [2.45, 2.75) is 12.8 Å². The van der Waals surface area contributed by atoms with Gasteiger partial charge < -0.3 is 10.4 Å². The summed E-state index contributed by atoms with van der Waals surface area (Å²) in [6.07, 6.45) is 1.70. The SMILES string of the molecule is N#Cc1ccc(NCCCCO)cc1Cl. The van der Waals surface area contributed by atoms with Crippen LogP contribution in [0.3, 0.4) is 0 Å². The van der Waals surface area contributed by atoms with Crippen molar-refractivity contribution in [2.75, 3.05) is 18.5 Å². The summed E-state index contributed by atoms with van der Waals surface area (Å²) < 4.78 is 0. The van der Waals surface area contributed by atoms with Gasteiger partial charge in [0.2, 0.25) is 0 Å². The van der Waals surface area contributed by atoms with E-state index in [1.807, 2.05) is 12.1 Å². The quantitative estimate of drug-likeness (QED) is 0.756. The molecule has 1 aromatic rings. The monoisotopic (exact) mass is 224 g/mol. The number of nitrogens with one attached hydrogen (secondary N) is 1. The van der Waals surface area contributed by atoms with Crippen LogP contribution in [0.1, 0.15) is 18.4 Å². The van der Waals surface area contributed by atoms with Crippen molar-refractivity contribution < 1.29 is 5.11 Å². The van der Waals surface area contributed by atoms with Crippen LogP contribution in [-0.2, 0) is 0 Å². The highest BCUT2D eigenvalue weighted by Crippen LogP contribution is 2.20. The van der Waals surface area contributed by atoms with Crippen LogP contribution < -0.4 is 5.32 Å². The summed E-state index contributed by atoms with van der Waals surface area (Å²) in [5.74, 6) is 0. The fourth-order valence-corrected chi connectivity index (χ4v) is 1.41. The van der Waals surface area contributed by atoms with Crippen molar-refractivity contribution in [3.05, 3.63) is 28.8 Å². The number of rotatable bonds is 5.